The number of ether oxygens (including phenoxy) is 1. The molecule has 0 saturated heterocycles. The number of aromatic nitrogens is 3. The molecule has 2 heterocycles. The smallest absolute Gasteiger partial charge is 0.240 e. The van der Waals surface area contributed by atoms with Crippen molar-refractivity contribution in [1.82, 2.24) is 20.5 Å². The number of aryl methyl sites for hydroxylation is 1. The van der Waals surface area contributed by atoms with Gasteiger partial charge in [-0.15, -0.1) is 5.10 Å². The standard InChI is InChI=1S/C11H13BrN4O/c1-7-3-10(16-15-7)17-11-8(5-13-2)4-9(12)6-14-11/h3-4,6,13H,5H2,1-2H3,(H,15,16). The van der Waals surface area contributed by atoms with Gasteiger partial charge >= 0.3 is 0 Å². The van der Waals surface area contributed by atoms with Crippen LogP contribution in [0.2, 0.25) is 0 Å². The van der Waals surface area contributed by atoms with Crippen LogP contribution in [0.15, 0.2) is 22.8 Å². The fraction of sp³-hybridized carbons (Fsp3) is 0.273. The summed E-state index contributed by atoms with van der Waals surface area (Å²) in [6, 6.07) is 3.80. The van der Waals surface area contributed by atoms with E-state index >= 15 is 0 Å². The van der Waals surface area contributed by atoms with Gasteiger partial charge < -0.3 is 10.1 Å². The van der Waals surface area contributed by atoms with Crippen molar-refractivity contribution in [2.45, 2.75) is 13.5 Å². The van der Waals surface area contributed by atoms with Gasteiger partial charge in [-0.1, -0.05) is 0 Å². The highest BCUT2D eigenvalue weighted by Crippen LogP contribution is 2.24. The van der Waals surface area contributed by atoms with E-state index < -0.39 is 0 Å². The molecule has 0 aliphatic heterocycles. The summed E-state index contributed by atoms with van der Waals surface area (Å²) in [7, 11) is 1.88. The average molecular weight is 297 g/mol. The molecule has 17 heavy (non-hydrogen) atoms. The Kier molecular flexibility index (Phi) is 3.75. The molecule has 2 N–H and O–H groups in total. The monoisotopic (exact) mass is 296 g/mol. The highest BCUT2D eigenvalue weighted by Gasteiger charge is 2.08. The van der Waals surface area contributed by atoms with Gasteiger partial charge in [0.05, 0.1) is 0 Å². The van der Waals surface area contributed by atoms with E-state index in [1.54, 1.807) is 6.20 Å². The second-order valence-corrected chi connectivity index (χ2v) is 4.56. The number of nitrogens with zero attached hydrogens (tertiary/aromatic N) is 2. The van der Waals surface area contributed by atoms with Crippen molar-refractivity contribution in [3.8, 4) is 11.8 Å². The highest BCUT2D eigenvalue weighted by atomic mass is 79.9. The van der Waals surface area contributed by atoms with Crippen molar-refractivity contribution < 1.29 is 4.74 Å². The molecular weight excluding hydrogens is 284 g/mol. The lowest BCUT2D eigenvalue weighted by atomic mass is 10.3. The van der Waals surface area contributed by atoms with Crippen molar-refractivity contribution >= 4 is 15.9 Å². The van der Waals surface area contributed by atoms with Crippen LogP contribution in [0.1, 0.15) is 11.3 Å². The van der Waals surface area contributed by atoms with Gasteiger partial charge in [0.15, 0.2) is 0 Å². The Hall–Kier alpha value is -1.40. The summed E-state index contributed by atoms with van der Waals surface area (Å²) < 4.78 is 6.55. The summed E-state index contributed by atoms with van der Waals surface area (Å²) in [5.74, 6) is 1.09. The molecule has 0 aromatic carbocycles. The zero-order chi connectivity index (χ0) is 12.3. The number of H-pyrrole nitrogens is 1. The Bertz CT molecular complexity index is 512. The molecule has 0 aliphatic carbocycles. The first-order valence-electron chi connectivity index (χ1n) is 5.18. The summed E-state index contributed by atoms with van der Waals surface area (Å²) in [6.45, 7) is 2.61. The number of hydrogen-bond donors (Lipinski definition) is 2. The van der Waals surface area contributed by atoms with Crippen molar-refractivity contribution in [2.75, 3.05) is 7.05 Å². The normalized spacial score (nSPS) is 10.5. The third kappa shape index (κ3) is 3.04. The topological polar surface area (TPSA) is 62.8 Å². The highest BCUT2D eigenvalue weighted by molar-refractivity contribution is 9.10. The van der Waals surface area contributed by atoms with Gasteiger partial charge in [0.25, 0.3) is 0 Å². The summed E-state index contributed by atoms with van der Waals surface area (Å²) in [4.78, 5) is 4.24. The predicted molar refractivity (Wildman–Crippen MR) is 68.1 cm³/mol. The van der Waals surface area contributed by atoms with Crippen molar-refractivity contribution in [3.63, 3.8) is 0 Å². The second kappa shape index (κ2) is 5.29. The van der Waals surface area contributed by atoms with Gasteiger partial charge in [0, 0.05) is 34.5 Å². The van der Waals surface area contributed by atoms with E-state index in [2.05, 4.69) is 36.4 Å². The summed E-state index contributed by atoms with van der Waals surface area (Å²) >= 11 is 3.39. The number of pyridine rings is 1. The molecule has 0 fully saturated rings. The first kappa shape index (κ1) is 12.1. The van der Waals surface area contributed by atoms with Crippen LogP contribution in [-0.2, 0) is 6.54 Å². The fourth-order valence-corrected chi connectivity index (χ4v) is 1.80. The van der Waals surface area contributed by atoms with Crippen LogP contribution in [-0.4, -0.2) is 22.2 Å². The number of halogens is 1. The Balaban J connectivity index is 2.25. The van der Waals surface area contributed by atoms with Gasteiger partial charge in [-0.2, -0.15) is 0 Å². The molecule has 6 heteroatoms. The molecule has 0 bridgehead atoms. The maximum Gasteiger partial charge on any atom is 0.240 e. The van der Waals surface area contributed by atoms with E-state index in [1.165, 1.54) is 0 Å². The van der Waals surface area contributed by atoms with Crippen molar-refractivity contribution in [1.29, 1.82) is 0 Å². The van der Waals surface area contributed by atoms with E-state index in [0.717, 1.165) is 15.7 Å². The number of nitrogens with one attached hydrogen (secondary N) is 2. The van der Waals surface area contributed by atoms with Crippen LogP contribution >= 0.6 is 15.9 Å². The largest absolute Gasteiger partial charge is 0.419 e. The van der Waals surface area contributed by atoms with E-state index in [1.807, 2.05) is 26.1 Å². The fourth-order valence-electron chi connectivity index (χ4n) is 1.42. The molecule has 2 aromatic heterocycles. The lowest BCUT2D eigenvalue weighted by molar-refractivity contribution is 0.435. The van der Waals surface area contributed by atoms with Crippen LogP contribution < -0.4 is 10.1 Å². The summed E-state index contributed by atoms with van der Waals surface area (Å²) in [5.41, 5.74) is 1.93. The minimum atomic E-state index is 0.523. The van der Waals surface area contributed by atoms with E-state index in [4.69, 9.17) is 4.74 Å². The van der Waals surface area contributed by atoms with Gasteiger partial charge in [-0.3, -0.25) is 5.10 Å². The maximum atomic E-state index is 5.62. The summed E-state index contributed by atoms with van der Waals surface area (Å²) in [5, 5.41) is 9.91. The molecule has 0 atom stereocenters. The molecule has 0 amide bonds. The molecule has 2 rings (SSSR count). The molecule has 90 valence electrons. The van der Waals surface area contributed by atoms with Crippen LogP contribution in [0.5, 0.6) is 11.8 Å². The van der Waals surface area contributed by atoms with Gasteiger partial charge in [0.1, 0.15) is 0 Å². The predicted octanol–water partition coefficient (Wildman–Crippen LogP) is 2.39. The van der Waals surface area contributed by atoms with E-state index in [9.17, 15) is 0 Å². The molecule has 0 saturated carbocycles. The quantitative estimate of drug-likeness (QED) is 0.909. The Morgan fingerprint density at radius 2 is 2.29 bits per heavy atom. The zero-order valence-electron chi connectivity index (χ0n) is 9.62. The Morgan fingerprint density at radius 3 is 2.94 bits per heavy atom. The van der Waals surface area contributed by atoms with Crippen LogP contribution in [0.3, 0.4) is 0 Å². The molecular formula is C11H13BrN4O. The number of aromatic amines is 1. The number of hydrogen-bond acceptors (Lipinski definition) is 4. The average Bonchev–Trinajstić information content (AvgIpc) is 2.69. The summed E-state index contributed by atoms with van der Waals surface area (Å²) in [6.07, 6.45) is 1.70. The molecule has 0 spiro atoms. The minimum absolute atomic E-state index is 0.523. The molecule has 5 nitrogen and oxygen atoms in total. The van der Waals surface area contributed by atoms with Gasteiger partial charge in [0.2, 0.25) is 11.8 Å². The maximum absolute atomic E-state index is 5.62. The van der Waals surface area contributed by atoms with Crippen molar-refractivity contribution in [2.24, 2.45) is 0 Å². The first-order valence-corrected chi connectivity index (χ1v) is 5.97. The first-order chi connectivity index (χ1) is 8.19. The number of rotatable bonds is 4. The molecule has 0 radical (unpaired) electrons. The van der Waals surface area contributed by atoms with Crippen LogP contribution in [0, 0.1) is 6.92 Å². The van der Waals surface area contributed by atoms with E-state index in [0.29, 0.717) is 18.3 Å². The lowest BCUT2D eigenvalue weighted by Crippen LogP contribution is -2.07. The van der Waals surface area contributed by atoms with Crippen LogP contribution in [0.25, 0.3) is 0 Å². The molecule has 0 aliphatic rings. The second-order valence-electron chi connectivity index (χ2n) is 3.64. The lowest BCUT2D eigenvalue weighted by Gasteiger charge is -2.07. The Labute approximate surface area is 108 Å². The Morgan fingerprint density at radius 1 is 1.47 bits per heavy atom. The molecule has 0 unspecified atom stereocenters. The third-order valence-corrected chi connectivity index (χ3v) is 2.58. The SMILES string of the molecule is CNCc1cc(Br)cnc1Oc1cc(C)[nH]n1. The van der Waals surface area contributed by atoms with Gasteiger partial charge in [-0.05, 0) is 36.0 Å². The van der Waals surface area contributed by atoms with Crippen molar-refractivity contribution in [3.05, 3.63) is 34.1 Å². The van der Waals surface area contributed by atoms with E-state index in [-0.39, 0.29) is 0 Å². The molecule has 2 aromatic rings. The van der Waals surface area contributed by atoms with Crippen LogP contribution in [0.4, 0.5) is 0 Å². The van der Waals surface area contributed by atoms with Gasteiger partial charge in [-0.25, -0.2) is 4.98 Å². The third-order valence-electron chi connectivity index (χ3n) is 2.14. The zero-order valence-corrected chi connectivity index (χ0v) is 11.2. The minimum Gasteiger partial charge on any atom is -0.419 e.